The molecule has 0 spiro atoms. The van der Waals surface area contributed by atoms with Crippen LogP contribution in [0.5, 0.6) is 0 Å². The summed E-state index contributed by atoms with van der Waals surface area (Å²) < 4.78 is 27.4. The van der Waals surface area contributed by atoms with E-state index in [-0.39, 0.29) is 4.90 Å². The van der Waals surface area contributed by atoms with Crippen LogP contribution in [0.15, 0.2) is 53.4 Å². The second kappa shape index (κ2) is 8.73. The van der Waals surface area contributed by atoms with Gasteiger partial charge < -0.3 is 4.98 Å². The molecule has 4 rings (SSSR count). The van der Waals surface area contributed by atoms with Crippen molar-refractivity contribution in [2.24, 2.45) is 0 Å². The van der Waals surface area contributed by atoms with E-state index in [4.69, 9.17) is 23.2 Å². The van der Waals surface area contributed by atoms with Crippen LogP contribution >= 0.6 is 23.2 Å². The van der Waals surface area contributed by atoms with Gasteiger partial charge in [-0.05, 0) is 61.4 Å². The second-order valence-corrected chi connectivity index (χ2v) is 10.1. The SMILES string of the molecule is Cc1[nH]c2ccc(Cl)cc2c1C1=CCN(CCNS(=O)(=O)c2ccc(Cl)cc2)CC1. The quantitative estimate of drug-likeness (QED) is 0.548. The number of fused-ring (bicyclic) bond motifs is 1. The fraction of sp³-hybridized carbons (Fsp3) is 0.273. The van der Waals surface area contributed by atoms with E-state index in [1.807, 2.05) is 18.2 Å². The van der Waals surface area contributed by atoms with E-state index in [2.05, 4.69) is 27.6 Å². The van der Waals surface area contributed by atoms with Gasteiger partial charge in [0.05, 0.1) is 4.90 Å². The molecule has 30 heavy (non-hydrogen) atoms. The van der Waals surface area contributed by atoms with Crippen LogP contribution in [0.4, 0.5) is 0 Å². The van der Waals surface area contributed by atoms with Crippen molar-refractivity contribution in [2.45, 2.75) is 18.2 Å². The predicted octanol–water partition coefficient (Wildman–Crippen LogP) is 4.85. The smallest absolute Gasteiger partial charge is 0.240 e. The molecule has 0 saturated carbocycles. The number of H-pyrrole nitrogens is 1. The topological polar surface area (TPSA) is 65.2 Å². The molecule has 2 N–H and O–H groups in total. The monoisotopic (exact) mass is 463 g/mol. The average Bonchev–Trinajstić information content (AvgIpc) is 3.04. The number of rotatable bonds is 6. The highest BCUT2D eigenvalue weighted by Gasteiger charge is 2.19. The van der Waals surface area contributed by atoms with Crippen molar-refractivity contribution < 1.29 is 8.42 Å². The predicted molar refractivity (Wildman–Crippen MR) is 124 cm³/mol. The second-order valence-electron chi connectivity index (χ2n) is 7.45. The summed E-state index contributed by atoms with van der Waals surface area (Å²) in [6.45, 7) is 4.75. The number of sulfonamides is 1. The van der Waals surface area contributed by atoms with E-state index in [1.54, 1.807) is 12.1 Å². The third-order valence-electron chi connectivity index (χ3n) is 5.41. The Bertz CT molecular complexity index is 1200. The first-order valence-corrected chi connectivity index (χ1v) is 12.0. The van der Waals surface area contributed by atoms with Gasteiger partial charge in [0.2, 0.25) is 10.0 Å². The normalized spacial score (nSPS) is 15.5. The van der Waals surface area contributed by atoms with Gasteiger partial charge in [-0.1, -0.05) is 29.3 Å². The molecule has 0 amide bonds. The standard InChI is InChI=1S/C22H23Cl2N3O2S/c1-15-22(20-14-18(24)4-7-21(20)26-15)16-8-11-27(12-9-16)13-10-25-30(28,29)19-5-2-17(23)3-6-19/h2-8,14,25-26H,9-13H2,1H3. The van der Waals surface area contributed by atoms with Gasteiger partial charge in [-0.15, -0.1) is 0 Å². The van der Waals surface area contributed by atoms with Gasteiger partial charge in [-0.3, -0.25) is 4.90 Å². The lowest BCUT2D eigenvalue weighted by Gasteiger charge is -2.26. The summed E-state index contributed by atoms with van der Waals surface area (Å²) in [6, 6.07) is 12.1. The molecule has 0 radical (unpaired) electrons. The maximum Gasteiger partial charge on any atom is 0.240 e. The number of halogens is 2. The van der Waals surface area contributed by atoms with E-state index in [1.165, 1.54) is 23.3 Å². The number of nitrogens with one attached hydrogen (secondary N) is 2. The molecule has 0 fully saturated rings. The molecule has 1 aliphatic heterocycles. The average molecular weight is 464 g/mol. The zero-order valence-corrected chi connectivity index (χ0v) is 18.9. The summed E-state index contributed by atoms with van der Waals surface area (Å²) in [5.74, 6) is 0. The van der Waals surface area contributed by atoms with Gasteiger partial charge in [0.15, 0.2) is 0 Å². The zero-order valence-electron chi connectivity index (χ0n) is 16.6. The van der Waals surface area contributed by atoms with Gasteiger partial charge in [0, 0.05) is 58.4 Å². The minimum atomic E-state index is -3.53. The van der Waals surface area contributed by atoms with Crippen molar-refractivity contribution in [3.8, 4) is 0 Å². The minimum absolute atomic E-state index is 0.223. The molecule has 0 aliphatic carbocycles. The number of hydrogen-bond donors (Lipinski definition) is 2. The maximum atomic E-state index is 12.4. The molecular weight excluding hydrogens is 441 g/mol. The molecule has 0 atom stereocenters. The van der Waals surface area contributed by atoms with Crippen LogP contribution in [-0.2, 0) is 10.0 Å². The summed E-state index contributed by atoms with van der Waals surface area (Å²) >= 11 is 12.0. The summed E-state index contributed by atoms with van der Waals surface area (Å²) in [5.41, 5.74) is 4.77. The maximum absolute atomic E-state index is 12.4. The van der Waals surface area contributed by atoms with Crippen LogP contribution in [0.3, 0.4) is 0 Å². The molecular formula is C22H23Cl2N3O2S. The molecule has 8 heteroatoms. The Balaban J connectivity index is 1.38. The largest absolute Gasteiger partial charge is 0.358 e. The van der Waals surface area contributed by atoms with Crippen LogP contribution in [0.1, 0.15) is 17.7 Å². The Labute approximate surface area is 186 Å². The van der Waals surface area contributed by atoms with Crippen molar-refractivity contribution in [3.63, 3.8) is 0 Å². The van der Waals surface area contributed by atoms with Gasteiger partial charge in [0.1, 0.15) is 0 Å². The van der Waals surface area contributed by atoms with Gasteiger partial charge >= 0.3 is 0 Å². The lowest BCUT2D eigenvalue weighted by atomic mass is 9.97. The number of hydrogen-bond acceptors (Lipinski definition) is 3. The lowest BCUT2D eigenvalue weighted by molar-refractivity contribution is 0.307. The van der Waals surface area contributed by atoms with Crippen molar-refractivity contribution in [1.29, 1.82) is 0 Å². The number of aryl methyl sites for hydroxylation is 1. The van der Waals surface area contributed by atoms with E-state index in [9.17, 15) is 8.42 Å². The van der Waals surface area contributed by atoms with Gasteiger partial charge in [-0.25, -0.2) is 13.1 Å². The first kappa shape index (κ1) is 21.4. The number of aromatic nitrogens is 1. The van der Waals surface area contributed by atoms with E-state index in [0.29, 0.717) is 18.1 Å². The molecule has 1 aromatic heterocycles. The Morgan fingerprint density at radius 2 is 1.83 bits per heavy atom. The number of aromatic amines is 1. The van der Waals surface area contributed by atoms with Crippen LogP contribution in [0.2, 0.25) is 10.0 Å². The van der Waals surface area contributed by atoms with Crippen molar-refractivity contribution in [2.75, 3.05) is 26.2 Å². The van der Waals surface area contributed by atoms with Crippen LogP contribution < -0.4 is 4.72 Å². The Morgan fingerprint density at radius 3 is 2.53 bits per heavy atom. The third-order valence-corrected chi connectivity index (χ3v) is 7.37. The Morgan fingerprint density at radius 1 is 1.10 bits per heavy atom. The van der Waals surface area contributed by atoms with Crippen molar-refractivity contribution >= 4 is 49.7 Å². The molecule has 2 heterocycles. The van der Waals surface area contributed by atoms with Crippen molar-refractivity contribution in [3.05, 3.63) is 69.8 Å². The van der Waals surface area contributed by atoms with E-state index in [0.717, 1.165) is 41.1 Å². The molecule has 2 aromatic carbocycles. The van der Waals surface area contributed by atoms with Crippen LogP contribution in [0, 0.1) is 6.92 Å². The highest BCUT2D eigenvalue weighted by atomic mass is 35.5. The number of nitrogens with zero attached hydrogens (tertiary/aromatic N) is 1. The molecule has 158 valence electrons. The molecule has 0 bridgehead atoms. The first-order chi connectivity index (χ1) is 14.3. The molecule has 5 nitrogen and oxygen atoms in total. The first-order valence-electron chi connectivity index (χ1n) is 9.78. The fourth-order valence-electron chi connectivity index (χ4n) is 3.89. The minimum Gasteiger partial charge on any atom is -0.358 e. The van der Waals surface area contributed by atoms with Crippen molar-refractivity contribution in [1.82, 2.24) is 14.6 Å². The summed E-state index contributed by atoms with van der Waals surface area (Å²) in [5, 5.41) is 2.39. The van der Waals surface area contributed by atoms with Crippen LogP contribution in [0.25, 0.3) is 16.5 Å². The highest BCUT2D eigenvalue weighted by molar-refractivity contribution is 7.89. The van der Waals surface area contributed by atoms with E-state index < -0.39 is 10.0 Å². The third kappa shape index (κ3) is 4.58. The molecule has 3 aromatic rings. The molecule has 1 aliphatic rings. The van der Waals surface area contributed by atoms with E-state index >= 15 is 0 Å². The fourth-order valence-corrected chi connectivity index (χ4v) is 5.21. The summed E-state index contributed by atoms with van der Waals surface area (Å²) in [6.07, 6.45) is 3.14. The Kier molecular flexibility index (Phi) is 6.23. The van der Waals surface area contributed by atoms with Crippen LogP contribution in [-0.4, -0.2) is 44.5 Å². The van der Waals surface area contributed by atoms with Gasteiger partial charge in [-0.2, -0.15) is 0 Å². The highest BCUT2D eigenvalue weighted by Crippen LogP contribution is 2.33. The lowest BCUT2D eigenvalue weighted by Crippen LogP contribution is -2.37. The number of benzene rings is 2. The molecule has 0 unspecified atom stereocenters. The summed E-state index contributed by atoms with van der Waals surface area (Å²) in [7, 11) is -3.53. The summed E-state index contributed by atoms with van der Waals surface area (Å²) in [4.78, 5) is 5.90. The van der Waals surface area contributed by atoms with Gasteiger partial charge in [0.25, 0.3) is 0 Å². The Hall–Kier alpha value is -1.83. The molecule has 0 saturated heterocycles. The zero-order chi connectivity index (χ0) is 21.3.